The first kappa shape index (κ1) is 18.5. The highest BCUT2D eigenvalue weighted by molar-refractivity contribution is 5.52. The molecular weight excluding hydrogens is 272 g/mol. The van der Waals surface area contributed by atoms with Gasteiger partial charge in [-0.3, -0.25) is 0 Å². The van der Waals surface area contributed by atoms with Gasteiger partial charge in [0.25, 0.3) is 0 Å². The van der Waals surface area contributed by atoms with E-state index in [2.05, 4.69) is 32.1 Å². The van der Waals surface area contributed by atoms with Crippen molar-refractivity contribution in [2.45, 2.75) is 59.3 Å². The highest BCUT2D eigenvalue weighted by Crippen LogP contribution is 2.14. The van der Waals surface area contributed by atoms with Crippen LogP contribution in [0.25, 0.3) is 0 Å². The number of furan rings is 1. The fourth-order valence-corrected chi connectivity index (χ4v) is 2.43. The van der Waals surface area contributed by atoms with E-state index in [-0.39, 0.29) is 5.92 Å². The van der Waals surface area contributed by atoms with Gasteiger partial charge in [-0.15, -0.1) is 0 Å². The van der Waals surface area contributed by atoms with Crippen LogP contribution in [0, 0.1) is 11.8 Å². The van der Waals surface area contributed by atoms with Crippen LogP contribution in [0.15, 0.2) is 46.8 Å². The third-order valence-corrected chi connectivity index (χ3v) is 3.99. The molecule has 0 saturated carbocycles. The van der Waals surface area contributed by atoms with E-state index in [9.17, 15) is 4.79 Å². The van der Waals surface area contributed by atoms with E-state index in [1.165, 1.54) is 11.1 Å². The molecule has 1 aromatic rings. The van der Waals surface area contributed by atoms with E-state index in [4.69, 9.17) is 4.42 Å². The quantitative estimate of drug-likeness (QED) is 0.385. The molecule has 0 amide bonds. The van der Waals surface area contributed by atoms with Gasteiger partial charge >= 0.3 is 0 Å². The second kappa shape index (κ2) is 11.1. The highest BCUT2D eigenvalue weighted by atomic mass is 16.3. The smallest absolute Gasteiger partial charge is 0.122 e. The summed E-state index contributed by atoms with van der Waals surface area (Å²) in [4.78, 5) is 10.6. The van der Waals surface area contributed by atoms with Crippen molar-refractivity contribution >= 4 is 6.29 Å². The molecule has 0 radical (unpaired) electrons. The molecule has 0 aliphatic rings. The molecule has 2 nitrogen and oxygen atoms in total. The molecule has 0 bridgehead atoms. The van der Waals surface area contributed by atoms with E-state index < -0.39 is 0 Å². The number of carbonyl (C=O) groups is 1. The zero-order chi connectivity index (χ0) is 16.2. The van der Waals surface area contributed by atoms with Crippen molar-refractivity contribution in [1.82, 2.24) is 0 Å². The van der Waals surface area contributed by atoms with E-state index in [1.807, 2.05) is 19.3 Å². The summed E-state index contributed by atoms with van der Waals surface area (Å²) < 4.78 is 5.07. The van der Waals surface area contributed by atoms with Crippen molar-refractivity contribution in [2.75, 3.05) is 0 Å². The summed E-state index contributed by atoms with van der Waals surface area (Å²) in [6.45, 7) is 6.42. The van der Waals surface area contributed by atoms with Crippen LogP contribution in [0.3, 0.4) is 0 Å². The Morgan fingerprint density at radius 1 is 1.23 bits per heavy atom. The minimum atomic E-state index is 0.202. The summed E-state index contributed by atoms with van der Waals surface area (Å²) in [5, 5.41) is 0. The Balaban J connectivity index is 2.16. The lowest BCUT2D eigenvalue weighted by molar-refractivity contribution is -0.110. The Labute approximate surface area is 135 Å². The van der Waals surface area contributed by atoms with Crippen molar-refractivity contribution in [3.05, 3.63) is 48.0 Å². The second-order valence-corrected chi connectivity index (χ2v) is 6.40. The number of hydrogen-bond donors (Lipinski definition) is 0. The minimum absolute atomic E-state index is 0.202. The Hall–Kier alpha value is -1.57. The molecule has 1 aromatic heterocycles. The summed E-state index contributed by atoms with van der Waals surface area (Å²) in [5.74, 6) is 0.780. The molecule has 2 atom stereocenters. The van der Waals surface area contributed by atoms with Crippen LogP contribution >= 0.6 is 0 Å². The largest absolute Gasteiger partial charge is 0.472 e. The first-order chi connectivity index (χ1) is 10.6. The van der Waals surface area contributed by atoms with Crippen LogP contribution in [0.5, 0.6) is 0 Å². The highest BCUT2D eigenvalue weighted by Gasteiger charge is 2.01. The number of aldehydes is 1. The van der Waals surface area contributed by atoms with Crippen molar-refractivity contribution in [3.8, 4) is 0 Å². The average molecular weight is 302 g/mol. The normalized spacial score (nSPS) is 15.1. The Kier molecular flexibility index (Phi) is 9.29. The van der Waals surface area contributed by atoms with Crippen LogP contribution in [-0.4, -0.2) is 6.29 Å². The summed E-state index contributed by atoms with van der Waals surface area (Å²) in [6.07, 6.45) is 17.9. The molecule has 1 rings (SSSR count). The molecule has 0 fully saturated rings. The molecule has 0 aliphatic heterocycles. The van der Waals surface area contributed by atoms with Gasteiger partial charge in [0, 0.05) is 5.92 Å². The van der Waals surface area contributed by atoms with Gasteiger partial charge in [0.05, 0.1) is 12.5 Å². The topological polar surface area (TPSA) is 30.2 Å². The maximum absolute atomic E-state index is 10.6. The third-order valence-electron chi connectivity index (χ3n) is 3.99. The zero-order valence-electron chi connectivity index (χ0n) is 14.3. The third kappa shape index (κ3) is 8.66. The summed E-state index contributed by atoms with van der Waals surface area (Å²) in [5.41, 5.74) is 2.70. The SMILES string of the molecule is C/C(=C\C=C\[C@@H](C)CCC[C@H](C)C=O)CCCc1ccoc1. The van der Waals surface area contributed by atoms with Crippen molar-refractivity contribution in [3.63, 3.8) is 0 Å². The molecule has 0 unspecified atom stereocenters. The lowest BCUT2D eigenvalue weighted by Crippen LogP contribution is -1.97. The molecule has 0 aliphatic carbocycles. The van der Waals surface area contributed by atoms with Gasteiger partial charge in [-0.1, -0.05) is 44.1 Å². The molecule has 2 heteroatoms. The predicted molar refractivity (Wildman–Crippen MR) is 92.8 cm³/mol. The van der Waals surface area contributed by atoms with Crippen LogP contribution < -0.4 is 0 Å². The molecule has 1 heterocycles. The van der Waals surface area contributed by atoms with Gasteiger partial charge in [-0.25, -0.2) is 0 Å². The van der Waals surface area contributed by atoms with E-state index in [0.717, 1.165) is 44.8 Å². The number of hydrogen-bond acceptors (Lipinski definition) is 2. The van der Waals surface area contributed by atoms with Crippen molar-refractivity contribution < 1.29 is 9.21 Å². The zero-order valence-corrected chi connectivity index (χ0v) is 14.3. The minimum Gasteiger partial charge on any atom is -0.472 e. The van der Waals surface area contributed by atoms with Gasteiger partial charge in [-0.05, 0) is 56.6 Å². The summed E-state index contributed by atoms with van der Waals surface area (Å²) in [6, 6.07) is 2.03. The van der Waals surface area contributed by atoms with Crippen LogP contribution in [0.4, 0.5) is 0 Å². The van der Waals surface area contributed by atoms with Crippen LogP contribution in [-0.2, 0) is 11.2 Å². The molecule has 22 heavy (non-hydrogen) atoms. The van der Waals surface area contributed by atoms with Gasteiger partial charge in [0.1, 0.15) is 6.29 Å². The lowest BCUT2D eigenvalue weighted by atomic mass is 9.99. The first-order valence-electron chi connectivity index (χ1n) is 8.42. The van der Waals surface area contributed by atoms with Gasteiger partial charge in [-0.2, -0.15) is 0 Å². The predicted octanol–water partition coefficient (Wildman–Crippen LogP) is 5.75. The standard InChI is InChI=1S/C20H30O2/c1-17(9-5-11-19(3)15-21)7-4-8-18(2)10-6-12-20-13-14-22-16-20/h4,7-8,13-17,19H,5-6,9-12H2,1-3H3/b7-4+,18-8+/t17-,19+/m1/s1. The fourth-order valence-electron chi connectivity index (χ4n) is 2.43. The molecular formula is C20H30O2. The summed E-state index contributed by atoms with van der Waals surface area (Å²) in [7, 11) is 0. The molecule has 0 aromatic carbocycles. The van der Waals surface area contributed by atoms with E-state index >= 15 is 0 Å². The number of carbonyl (C=O) groups excluding carboxylic acids is 1. The molecule has 0 spiro atoms. The Morgan fingerprint density at radius 3 is 2.68 bits per heavy atom. The van der Waals surface area contributed by atoms with E-state index in [0.29, 0.717) is 5.92 Å². The Bertz CT molecular complexity index is 454. The van der Waals surface area contributed by atoms with Gasteiger partial charge < -0.3 is 9.21 Å². The van der Waals surface area contributed by atoms with Gasteiger partial charge in [0.2, 0.25) is 0 Å². The van der Waals surface area contributed by atoms with Crippen molar-refractivity contribution in [2.24, 2.45) is 11.8 Å². The first-order valence-corrected chi connectivity index (χ1v) is 8.42. The maximum atomic E-state index is 10.6. The molecule has 122 valence electrons. The lowest BCUT2D eigenvalue weighted by Gasteiger charge is -2.07. The van der Waals surface area contributed by atoms with Gasteiger partial charge in [0.15, 0.2) is 0 Å². The maximum Gasteiger partial charge on any atom is 0.122 e. The molecule has 0 N–H and O–H groups in total. The number of rotatable bonds is 11. The number of allylic oxidation sites excluding steroid dienone is 4. The van der Waals surface area contributed by atoms with Crippen molar-refractivity contribution in [1.29, 1.82) is 0 Å². The van der Waals surface area contributed by atoms with E-state index in [1.54, 1.807) is 6.26 Å². The summed E-state index contributed by atoms with van der Waals surface area (Å²) >= 11 is 0. The second-order valence-electron chi connectivity index (χ2n) is 6.40. The molecule has 0 saturated heterocycles. The van der Waals surface area contributed by atoms with Crippen LogP contribution in [0.1, 0.15) is 58.4 Å². The number of aryl methyl sites for hydroxylation is 1. The average Bonchev–Trinajstić information content (AvgIpc) is 3.00. The fraction of sp³-hybridized carbons (Fsp3) is 0.550. The van der Waals surface area contributed by atoms with Crippen LogP contribution in [0.2, 0.25) is 0 Å². The Morgan fingerprint density at radius 2 is 2.00 bits per heavy atom. The monoisotopic (exact) mass is 302 g/mol.